The number of rotatable bonds is 26. The van der Waals surface area contributed by atoms with Crippen LogP contribution in [-0.4, -0.2) is 118 Å². The average Bonchev–Trinajstić information content (AvgIpc) is 2.93. The van der Waals surface area contributed by atoms with Crippen molar-refractivity contribution in [3.05, 3.63) is 0 Å². The van der Waals surface area contributed by atoms with Crippen LogP contribution < -0.4 is 20.8 Å². The normalized spacial score (nSPS) is 12.9. The van der Waals surface area contributed by atoms with Crippen LogP contribution in [0.15, 0.2) is 0 Å². The fourth-order valence-corrected chi connectivity index (χ4v) is 3.29. The minimum Gasteiger partial charge on any atom is -0.756 e. The van der Waals surface area contributed by atoms with E-state index in [0.717, 1.165) is 7.11 Å². The van der Waals surface area contributed by atoms with Crippen LogP contribution in [0.1, 0.15) is 39.5 Å². The number of phosphoric acid groups is 1. The lowest BCUT2D eigenvalue weighted by molar-refractivity contribution is -0.223. The molecule has 0 aromatic heterocycles. The van der Waals surface area contributed by atoms with Crippen molar-refractivity contribution in [3.63, 3.8) is 0 Å². The maximum atomic E-state index is 12.7. The average molecular weight is 619 g/mol. The summed E-state index contributed by atoms with van der Waals surface area (Å²) >= 11 is 0. The van der Waals surface area contributed by atoms with Gasteiger partial charge >= 0.3 is 12.2 Å². The zero-order valence-electron chi connectivity index (χ0n) is 23.6. The van der Waals surface area contributed by atoms with E-state index in [9.17, 15) is 23.8 Å². The van der Waals surface area contributed by atoms with Crippen LogP contribution in [0.4, 0.5) is 9.59 Å². The maximum absolute atomic E-state index is 12.7. The molecule has 0 aromatic rings. The van der Waals surface area contributed by atoms with E-state index in [2.05, 4.69) is 25.0 Å². The number of unbranched alkanes of at least 4 members (excludes halogenated alkanes) is 2. The fraction of sp³-hybridized carbons (Fsp3) is 0.875. The largest absolute Gasteiger partial charge is 0.756 e. The molecule has 0 aliphatic carbocycles. The molecule has 17 heteroatoms. The first-order chi connectivity index (χ1) is 19.3. The number of methoxy groups -OCH3 is 2. The van der Waals surface area contributed by atoms with Crippen molar-refractivity contribution in [2.45, 2.75) is 45.6 Å². The lowest BCUT2D eigenvalue weighted by atomic mass is 10.1. The Kier molecular flexibility index (Phi) is 28.2. The molecule has 3 N–H and O–H groups in total. The van der Waals surface area contributed by atoms with Gasteiger partial charge in [0, 0.05) is 34.4 Å². The highest BCUT2D eigenvalue weighted by molar-refractivity contribution is 7.45. The zero-order chi connectivity index (χ0) is 29.9. The highest BCUT2D eigenvalue weighted by atomic mass is 31.2. The quantitative estimate of drug-likeness (QED) is 0.0915. The van der Waals surface area contributed by atoms with Gasteiger partial charge in [-0.05, 0) is 32.1 Å². The second-order valence-corrected chi connectivity index (χ2v) is 9.58. The molecule has 0 spiro atoms. The molecule has 244 valence electrons. The second kappa shape index (κ2) is 28.1. The Morgan fingerprint density at radius 1 is 0.707 bits per heavy atom. The van der Waals surface area contributed by atoms with Crippen molar-refractivity contribution in [2.75, 3.05) is 93.9 Å². The number of hydrogen-bond acceptors (Lipinski definition) is 13. The third-order valence-electron chi connectivity index (χ3n) is 4.93. The van der Waals surface area contributed by atoms with Crippen molar-refractivity contribution in [3.8, 4) is 0 Å². The number of hydrogen-bond donors (Lipinski definition) is 3. The van der Waals surface area contributed by atoms with Gasteiger partial charge in [0.15, 0.2) is 0 Å². The Morgan fingerprint density at radius 2 is 1.24 bits per heavy atom. The van der Waals surface area contributed by atoms with Gasteiger partial charge in [-0.3, -0.25) is 9.36 Å². The molecule has 0 saturated carbocycles. The lowest BCUT2D eigenvalue weighted by Crippen LogP contribution is -2.47. The third-order valence-corrected chi connectivity index (χ3v) is 5.87. The van der Waals surface area contributed by atoms with Gasteiger partial charge in [0.25, 0.3) is 7.82 Å². The molecule has 0 radical (unpaired) electrons. The van der Waals surface area contributed by atoms with E-state index in [1.54, 1.807) is 14.2 Å². The van der Waals surface area contributed by atoms with Crippen LogP contribution >= 0.6 is 7.82 Å². The SMILES string of the molecule is C.COCCOCCOC(=O)NCCCCC(NC(=O)OCCOCCOC)C(=O)NCCCCOP(=O)([O-])OC. The molecule has 0 aromatic carbocycles. The van der Waals surface area contributed by atoms with Crippen LogP contribution in [0.25, 0.3) is 0 Å². The van der Waals surface area contributed by atoms with Crippen LogP contribution in [0.3, 0.4) is 0 Å². The van der Waals surface area contributed by atoms with E-state index >= 15 is 0 Å². The second-order valence-electron chi connectivity index (χ2n) is 8.06. The van der Waals surface area contributed by atoms with Crippen LogP contribution in [0.2, 0.25) is 0 Å². The summed E-state index contributed by atoms with van der Waals surface area (Å²) in [6.45, 7) is 2.65. The zero-order valence-corrected chi connectivity index (χ0v) is 24.5. The van der Waals surface area contributed by atoms with Crippen LogP contribution in [-0.2, 0) is 46.8 Å². The highest BCUT2D eigenvalue weighted by Gasteiger charge is 2.21. The summed E-state index contributed by atoms with van der Waals surface area (Å²) in [5, 5.41) is 7.84. The van der Waals surface area contributed by atoms with Gasteiger partial charge in [-0.25, -0.2) is 9.59 Å². The molecule has 3 amide bonds. The highest BCUT2D eigenvalue weighted by Crippen LogP contribution is 2.36. The first-order valence-corrected chi connectivity index (χ1v) is 14.5. The minimum absolute atomic E-state index is 0. The maximum Gasteiger partial charge on any atom is 0.407 e. The van der Waals surface area contributed by atoms with Crippen molar-refractivity contribution in [1.82, 2.24) is 16.0 Å². The fourth-order valence-electron chi connectivity index (χ4n) is 2.83. The Labute approximate surface area is 243 Å². The van der Waals surface area contributed by atoms with E-state index < -0.39 is 32.0 Å². The summed E-state index contributed by atoms with van der Waals surface area (Å²) in [7, 11) is -0.173. The number of ether oxygens (including phenoxy) is 6. The number of carbonyl (C=O) groups excluding carboxylic acids is 3. The molecular formula is C24H49N3O13P-. The van der Waals surface area contributed by atoms with Gasteiger partial charge in [-0.2, -0.15) is 0 Å². The number of carbonyl (C=O) groups is 3. The summed E-state index contributed by atoms with van der Waals surface area (Å²) in [4.78, 5) is 47.7. The van der Waals surface area contributed by atoms with Crippen LogP contribution in [0.5, 0.6) is 0 Å². The van der Waals surface area contributed by atoms with E-state index in [1.807, 2.05) is 0 Å². The number of amides is 3. The molecule has 0 rings (SSSR count). The number of phosphoric ester groups is 1. The predicted molar refractivity (Wildman–Crippen MR) is 146 cm³/mol. The first-order valence-electron chi connectivity index (χ1n) is 13.0. The predicted octanol–water partition coefficient (Wildman–Crippen LogP) is 0.968. The Hall–Kier alpha value is -2.04. The van der Waals surface area contributed by atoms with Crippen molar-refractivity contribution >= 4 is 25.9 Å². The first kappa shape index (κ1) is 41.1. The van der Waals surface area contributed by atoms with Gasteiger partial charge < -0.3 is 58.3 Å². The molecule has 16 nitrogen and oxygen atoms in total. The Balaban J connectivity index is 0. The third kappa shape index (κ3) is 26.6. The molecule has 2 unspecified atom stereocenters. The molecule has 0 aliphatic rings. The van der Waals surface area contributed by atoms with Crippen molar-refractivity contribution in [2.24, 2.45) is 0 Å². The summed E-state index contributed by atoms with van der Waals surface area (Å²) in [6.07, 6.45) is 0.758. The standard InChI is InChI=1S/C23H46N3O13P.CH4/c1-32-12-14-35-16-18-37-22(28)25-10-5-4-8-20(26-23(29)38-19-17-36-15-13-33-2)21(27)24-9-6-7-11-39-40(30,31)34-3;/h20H,4-19H2,1-3H3,(H,24,27)(H,25,28)(H,26,29)(H,30,31);1H4/p-1. The minimum atomic E-state index is -4.28. The van der Waals surface area contributed by atoms with E-state index in [0.29, 0.717) is 58.7 Å². The molecule has 0 bridgehead atoms. The summed E-state index contributed by atoms with van der Waals surface area (Å²) in [5.41, 5.74) is 0. The molecule has 0 fully saturated rings. The van der Waals surface area contributed by atoms with E-state index in [-0.39, 0.29) is 53.4 Å². The van der Waals surface area contributed by atoms with Gasteiger partial charge in [0.2, 0.25) is 5.91 Å². The van der Waals surface area contributed by atoms with E-state index in [1.165, 1.54) is 0 Å². The summed E-state index contributed by atoms with van der Waals surface area (Å²) < 4.78 is 50.2. The van der Waals surface area contributed by atoms with Gasteiger partial charge in [0.1, 0.15) is 19.3 Å². The molecule has 2 atom stereocenters. The molecule has 0 aliphatic heterocycles. The number of alkyl carbamates (subject to hydrolysis) is 2. The monoisotopic (exact) mass is 618 g/mol. The molecule has 0 heterocycles. The van der Waals surface area contributed by atoms with E-state index in [4.69, 9.17) is 28.4 Å². The molecule has 41 heavy (non-hydrogen) atoms. The van der Waals surface area contributed by atoms with Gasteiger partial charge in [0.05, 0.1) is 46.2 Å². The van der Waals surface area contributed by atoms with Crippen molar-refractivity contribution < 1.29 is 61.3 Å². The smallest absolute Gasteiger partial charge is 0.407 e. The Bertz CT molecular complexity index is 718. The topological polar surface area (TPSA) is 201 Å². The number of nitrogens with one attached hydrogen (secondary N) is 3. The van der Waals surface area contributed by atoms with Gasteiger partial charge in [-0.1, -0.05) is 7.43 Å². The molecule has 0 saturated heterocycles. The van der Waals surface area contributed by atoms with Crippen LogP contribution in [0, 0.1) is 0 Å². The van der Waals surface area contributed by atoms with Crippen molar-refractivity contribution in [1.29, 1.82) is 0 Å². The Morgan fingerprint density at radius 3 is 1.83 bits per heavy atom. The lowest BCUT2D eigenvalue weighted by Gasteiger charge is -2.20. The summed E-state index contributed by atoms with van der Waals surface area (Å²) in [5.74, 6) is -0.429. The molecular weight excluding hydrogens is 569 g/mol. The summed E-state index contributed by atoms with van der Waals surface area (Å²) in [6, 6.07) is -0.885. The van der Waals surface area contributed by atoms with Gasteiger partial charge in [-0.15, -0.1) is 0 Å².